The average Bonchev–Trinajstić information content (AvgIpc) is 4.26. The summed E-state index contributed by atoms with van der Waals surface area (Å²) in [5, 5.41) is 6.76. The number of para-hydroxylation sites is 7. The Morgan fingerprint density at radius 2 is 1.15 bits per heavy atom. The minimum absolute atomic E-state index is 0. The quantitative estimate of drug-likeness (QED) is 0.112. The van der Waals surface area contributed by atoms with Crippen molar-refractivity contribution in [2.24, 2.45) is 0 Å². The summed E-state index contributed by atoms with van der Waals surface area (Å²) in [6, 6.07) is 78.9. The summed E-state index contributed by atoms with van der Waals surface area (Å²) in [5.74, 6) is 2.29. The zero-order valence-electron chi connectivity index (χ0n) is 40.2. The zero-order valence-corrected chi connectivity index (χ0v) is 42.4. The summed E-state index contributed by atoms with van der Waals surface area (Å²) >= 11 is 0. The SMILES string of the molecule is Cc1cc2c(cn1)c1ccc(Oc3[c-]c(-n4[c-][n+](-c5ccccc5-c5ccccc5)c5ccccc54)ncc3)[c-]c1n2-c1ccc(-n2c3ccccc3c3cccc(-n4c5ccccc5c5ccccc54)c32)cn1.[Pt]. The summed E-state index contributed by atoms with van der Waals surface area (Å²) in [5.41, 5.74) is 14.4. The third-order valence-corrected chi connectivity index (χ3v) is 14.3. The number of nitrogens with zero attached hydrogens (tertiary/aromatic N) is 8. The summed E-state index contributed by atoms with van der Waals surface area (Å²) in [4.78, 5) is 14.8. The first kappa shape index (κ1) is 44.3. The van der Waals surface area contributed by atoms with Gasteiger partial charge in [0.1, 0.15) is 5.82 Å². The van der Waals surface area contributed by atoms with Crippen LogP contribution >= 0.6 is 0 Å². The van der Waals surface area contributed by atoms with Crippen LogP contribution in [-0.2, 0) is 21.1 Å². The van der Waals surface area contributed by atoms with Gasteiger partial charge in [-0.15, -0.1) is 17.5 Å². The van der Waals surface area contributed by atoms with Gasteiger partial charge in [0.2, 0.25) is 0 Å². The first-order valence-corrected chi connectivity index (χ1v) is 24.6. The third kappa shape index (κ3) is 7.03. The fraction of sp³-hybridized carbons (Fsp3) is 0.0154. The fourth-order valence-corrected chi connectivity index (χ4v) is 11.1. The van der Waals surface area contributed by atoms with Gasteiger partial charge in [-0.05, 0) is 77.7 Å². The number of aryl methyl sites for hydroxylation is 1. The first-order chi connectivity index (χ1) is 36.6. The summed E-state index contributed by atoms with van der Waals surface area (Å²) < 4.78 is 17.6. The number of ether oxygens (including phenoxy) is 1. The Bertz CT molecular complexity index is 4670. The van der Waals surface area contributed by atoms with Crippen molar-refractivity contribution in [2.45, 2.75) is 6.92 Å². The van der Waals surface area contributed by atoms with Crippen LogP contribution in [0.15, 0.2) is 225 Å². The van der Waals surface area contributed by atoms with E-state index in [1.54, 1.807) is 6.20 Å². The van der Waals surface area contributed by atoms with E-state index in [4.69, 9.17) is 19.7 Å². The van der Waals surface area contributed by atoms with Gasteiger partial charge in [0.05, 0.1) is 62.2 Å². The predicted octanol–water partition coefficient (Wildman–Crippen LogP) is 14.5. The zero-order chi connectivity index (χ0) is 48.9. The normalized spacial score (nSPS) is 11.7. The van der Waals surface area contributed by atoms with Crippen LogP contribution in [0, 0.1) is 25.4 Å². The number of rotatable bonds is 8. The molecule has 15 rings (SSSR count). The number of fused-ring (bicyclic) bond motifs is 10. The summed E-state index contributed by atoms with van der Waals surface area (Å²) in [6.07, 6.45) is 9.26. The summed E-state index contributed by atoms with van der Waals surface area (Å²) in [6.45, 7) is 2.01. The molecule has 15 aromatic rings. The molecule has 0 aliphatic rings. The fourth-order valence-electron chi connectivity index (χ4n) is 11.1. The van der Waals surface area contributed by atoms with E-state index in [0.717, 1.165) is 94.6 Å². The summed E-state index contributed by atoms with van der Waals surface area (Å²) in [7, 11) is 0. The minimum Gasteiger partial charge on any atom is -0.522 e. The maximum atomic E-state index is 6.65. The Hall–Kier alpha value is -9.43. The van der Waals surface area contributed by atoms with E-state index in [0.29, 0.717) is 17.3 Å². The molecule has 358 valence electrons. The Labute approximate surface area is 444 Å². The van der Waals surface area contributed by atoms with Crippen LogP contribution in [0.3, 0.4) is 0 Å². The van der Waals surface area contributed by atoms with Gasteiger partial charge in [0.15, 0.2) is 0 Å². The molecule has 0 atom stereocenters. The second kappa shape index (κ2) is 17.7. The van der Waals surface area contributed by atoms with E-state index < -0.39 is 0 Å². The smallest absolute Gasteiger partial charge is 0.269 e. The van der Waals surface area contributed by atoms with Crippen molar-refractivity contribution in [3.05, 3.63) is 249 Å². The van der Waals surface area contributed by atoms with Crippen molar-refractivity contribution in [3.8, 4) is 51.3 Å². The van der Waals surface area contributed by atoms with Crippen LogP contribution in [-0.4, -0.2) is 33.2 Å². The molecular formula is C65H40N8OPt-2. The molecule has 7 aromatic heterocycles. The molecule has 0 aliphatic carbocycles. The van der Waals surface area contributed by atoms with Crippen LogP contribution in [0.5, 0.6) is 11.5 Å². The van der Waals surface area contributed by atoms with Crippen LogP contribution in [0.1, 0.15) is 5.69 Å². The van der Waals surface area contributed by atoms with Gasteiger partial charge in [-0.1, -0.05) is 151 Å². The van der Waals surface area contributed by atoms with E-state index >= 15 is 0 Å². The average molecular weight is 1140 g/mol. The Kier molecular flexibility index (Phi) is 10.4. The van der Waals surface area contributed by atoms with Gasteiger partial charge < -0.3 is 18.4 Å². The van der Waals surface area contributed by atoms with Gasteiger partial charge in [-0.2, -0.15) is 18.2 Å². The Balaban J connectivity index is 0.00000516. The maximum Gasteiger partial charge on any atom is 0.269 e. The molecule has 7 heterocycles. The van der Waals surface area contributed by atoms with Gasteiger partial charge in [0, 0.05) is 65.8 Å². The Morgan fingerprint density at radius 3 is 1.92 bits per heavy atom. The van der Waals surface area contributed by atoms with E-state index in [-0.39, 0.29) is 21.1 Å². The third-order valence-electron chi connectivity index (χ3n) is 14.3. The monoisotopic (exact) mass is 1140 g/mol. The number of pyridine rings is 3. The molecule has 0 radical (unpaired) electrons. The molecule has 0 saturated heterocycles. The van der Waals surface area contributed by atoms with E-state index in [1.807, 2.05) is 54.2 Å². The van der Waals surface area contributed by atoms with Crippen LogP contribution in [0.2, 0.25) is 0 Å². The molecular weight excluding hydrogens is 1100 g/mol. The van der Waals surface area contributed by atoms with Gasteiger partial charge in [0.25, 0.3) is 6.33 Å². The van der Waals surface area contributed by atoms with Gasteiger partial charge in [-0.25, -0.2) is 4.98 Å². The topological polar surface area (TPSA) is 71.5 Å². The molecule has 9 nitrogen and oxygen atoms in total. The molecule has 0 fully saturated rings. The van der Waals surface area contributed by atoms with Crippen molar-refractivity contribution in [1.29, 1.82) is 0 Å². The molecule has 0 N–H and O–H groups in total. The molecule has 0 spiro atoms. The molecule has 0 bridgehead atoms. The number of hydrogen-bond acceptors (Lipinski definition) is 4. The molecule has 10 heteroatoms. The van der Waals surface area contributed by atoms with Crippen LogP contribution in [0.25, 0.3) is 116 Å². The number of aromatic nitrogens is 8. The van der Waals surface area contributed by atoms with Crippen molar-refractivity contribution in [1.82, 2.24) is 33.2 Å². The predicted molar refractivity (Wildman–Crippen MR) is 294 cm³/mol. The molecule has 0 aliphatic heterocycles. The van der Waals surface area contributed by atoms with Crippen LogP contribution in [0.4, 0.5) is 0 Å². The van der Waals surface area contributed by atoms with Crippen molar-refractivity contribution < 1.29 is 30.4 Å². The second-order valence-corrected chi connectivity index (χ2v) is 18.5. The number of imidazole rings is 1. The van der Waals surface area contributed by atoms with Crippen LogP contribution < -0.4 is 9.30 Å². The Morgan fingerprint density at radius 1 is 0.480 bits per heavy atom. The molecule has 8 aromatic carbocycles. The maximum absolute atomic E-state index is 6.65. The minimum atomic E-state index is 0. The van der Waals surface area contributed by atoms with Gasteiger partial charge >= 0.3 is 0 Å². The molecule has 75 heavy (non-hydrogen) atoms. The van der Waals surface area contributed by atoms with Crippen molar-refractivity contribution in [3.63, 3.8) is 0 Å². The van der Waals surface area contributed by atoms with Crippen molar-refractivity contribution >= 4 is 76.5 Å². The number of hydrogen-bond donors (Lipinski definition) is 0. The first-order valence-electron chi connectivity index (χ1n) is 24.6. The van der Waals surface area contributed by atoms with Gasteiger partial charge in [-0.3, -0.25) is 19.1 Å². The van der Waals surface area contributed by atoms with E-state index in [2.05, 4.69) is 213 Å². The molecule has 0 amide bonds. The number of benzene rings is 8. The largest absolute Gasteiger partial charge is 0.522 e. The van der Waals surface area contributed by atoms with Crippen molar-refractivity contribution in [2.75, 3.05) is 0 Å². The van der Waals surface area contributed by atoms with E-state index in [1.165, 1.54) is 21.5 Å². The van der Waals surface area contributed by atoms with E-state index in [9.17, 15) is 0 Å². The molecule has 0 saturated carbocycles. The standard InChI is InChI=1S/C65H40N8O.Pt/c1-42-36-61-53(40-67-42)51-32-31-45(74-46-34-35-66-64(38-46)70-41-69(58-27-13-14-28-59(58)70)54-23-9-5-18-47(54)43-16-3-2-4-17-43)37-62(51)73(61)63-33-30-44(39-68-63)71-55-24-10-8-21-50(55)52-22-15-29-60(65(52)71)72-56-25-11-6-19-48(56)49-20-7-12-26-57(49)72;/h2-36,39-40H,1H3;/q-2;. The second-order valence-electron chi connectivity index (χ2n) is 18.5. The molecule has 0 unspecified atom stereocenters.